The van der Waals surface area contributed by atoms with Crippen LogP contribution in [0.4, 0.5) is 0 Å². The fourth-order valence-corrected chi connectivity index (χ4v) is 3.45. The van der Waals surface area contributed by atoms with E-state index < -0.39 is 11.4 Å². The summed E-state index contributed by atoms with van der Waals surface area (Å²) in [5.41, 5.74) is -0.0923. The molecule has 0 aliphatic heterocycles. The SMILES string of the molecule is O=C(O)C1(c2csc(-c3ccco3)n2)CCCC1. The number of hydrogen-bond acceptors (Lipinski definition) is 4. The molecule has 0 radical (unpaired) electrons. The lowest BCUT2D eigenvalue weighted by Gasteiger charge is -2.20. The third kappa shape index (κ3) is 1.66. The molecular formula is C13H13NO3S. The standard InChI is InChI=1S/C13H13NO3S/c15-12(16)13(5-1-2-6-13)10-8-18-11(14-10)9-4-3-7-17-9/h3-4,7-8H,1-2,5-6H2,(H,15,16). The number of thiazole rings is 1. The summed E-state index contributed by atoms with van der Waals surface area (Å²) in [4.78, 5) is 16.0. The van der Waals surface area contributed by atoms with Crippen molar-refractivity contribution >= 4 is 17.3 Å². The summed E-state index contributed by atoms with van der Waals surface area (Å²) in [6.07, 6.45) is 4.88. The minimum absolute atomic E-state index is 0.684. The average molecular weight is 263 g/mol. The summed E-state index contributed by atoms with van der Waals surface area (Å²) in [5.74, 6) is -0.0546. The molecule has 5 heteroatoms. The van der Waals surface area contributed by atoms with Crippen molar-refractivity contribution in [3.63, 3.8) is 0 Å². The summed E-state index contributed by atoms with van der Waals surface area (Å²) in [6, 6.07) is 3.64. The predicted octanol–water partition coefficient (Wildman–Crippen LogP) is 3.30. The van der Waals surface area contributed by atoms with Crippen LogP contribution in [-0.2, 0) is 10.2 Å². The zero-order valence-corrected chi connectivity index (χ0v) is 10.6. The molecule has 2 heterocycles. The highest BCUT2D eigenvalue weighted by atomic mass is 32.1. The first kappa shape index (κ1) is 11.5. The van der Waals surface area contributed by atoms with Gasteiger partial charge in [0.15, 0.2) is 10.8 Å². The van der Waals surface area contributed by atoms with E-state index >= 15 is 0 Å². The van der Waals surface area contributed by atoms with Crippen LogP contribution < -0.4 is 0 Å². The number of carboxylic acids is 1. The van der Waals surface area contributed by atoms with E-state index in [-0.39, 0.29) is 0 Å². The molecule has 1 N–H and O–H groups in total. The lowest BCUT2D eigenvalue weighted by atomic mass is 9.83. The second-order valence-corrected chi connectivity index (χ2v) is 5.47. The molecule has 3 rings (SSSR count). The normalized spacial score (nSPS) is 18.0. The number of aliphatic carboxylic acids is 1. The van der Waals surface area contributed by atoms with Crippen LogP contribution >= 0.6 is 11.3 Å². The Morgan fingerprint density at radius 1 is 1.44 bits per heavy atom. The van der Waals surface area contributed by atoms with Gasteiger partial charge in [-0.25, -0.2) is 4.98 Å². The maximum absolute atomic E-state index is 11.6. The van der Waals surface area contributed by atoms with E-state index in [0.29, 0.717) is 24.3 Å². The van der Waals surface area contributed by atoms with Gasteiger partial charge in [0.1, 0.15) is 5.41 Å². The minimum atomic E-state index is -0.776. The summed E-state index contributed by atoms with van der Waals surface area (Å²) in [6.45, 7) is 0. The highest BCUT2D eigenvalue weighted by Crippen LogP contribution is 2.42. The maximum Gasteiger partial charge on any atom is 0.315 e. The van der Waals surface area contributed by atoms with Crippen LogP contribution in [0.5, 0.6) is 0 Å². The molecule has 18 heavy (non-hydrogen) atoms. The Kier molecular flexibility index (Phi) is 2.70. The fourth-order valence-electron chi connectivity index (χ4n) is 2.57. The smallest absolute Gasteiger partial charge is 0.315 e. The molecule has 0 atom stereocenters. The van der Waals surface area contributed by atoms with Gasteiger partial charge in [-0.05, 0) is 25.0 Å². The Bertz CT molecular complexity index is 553. The van der Waals surface area contributed by atoms with Gasteiger partial charge in [0, 0.05) is 5.38 Å². The van der Waals surface area contributed by atoms with Crippen molar-refractivity contribution in [2.24, 2.45) is 0 Å². The Balaban J connectivity index is 1.99. The van der Waals surface area contributed by atoms with E-state index in [2.05, 4.69) is 4.98 Å². The molecular weight excluding hydrogens is 250 g/mol. The molecule has 0 unspecified atom stereocenters. The molecule has 0 amide bonds. The van der Waals surface area contributed by atoms with Crippen molar-refractivity contribution in [3.05, 3.63) is 29.5 Å². The molecule has 94 valence electrons. The van der Waals surface area contributed by atoms with Crippen LogP contribution in [-0.4, -0.2) is 16.1 Å². The van der Waals surface area contributed by atoms with Crippen LogP contribution in [0.15, 0.2) is 28.2 Å². The van der Waals surface area contributed by atoms with Gasteiger partial charge in [-0.15, -0.1) is 11.3 Å². The van der Waals surface area contributed by atoms with Gasteiger partial charge < -0.3 is 9.52 Å². The van der Waals surface area contributed by atoms with Gasteiger partial charge in [0.2, 0.25) is 0 Å². The Labute approximate surface area is 108 Å². The molecule has 1 fully saturated rings. The number of hydrogen-bond donors (Lipinski definition) is 1. The van der Waals surface area contributed by atoms with Gasteiger partial charge in [0.05, 0.1) is 12.0 Å². The summed E-state index contributed by atoms with van der Waals surface area (Å²) < 4.78 is 5.29. The third-order valence-corrected chi connectivity index (χ3v) is 4.45. The molecule has 0 saturated heterocycles. The van der Waals surface area contributed by atoms with E-state index in [1.807, 2.05) is 11.4 Å². The molecule has 1 aliphatic carbocycles. The highest BCUT2D eigenvalue weighted by Gasteiger charge is 2.44. The molecule has 2 aromatic heterocycles. The second-order valence-electron chi connectivity index (χ2n) is 4.61. The van der Waals surface area contributed by atoms with Crippen molar-refractivity contribution in [3.8, 4) is 10.8 Å². The fraction of sp³-hybridized carbons (Fsp3) is 0.385. The first-order valence-electron chi connectivity index (χ1n) is 5.96. The summed E-state index contributed by atoms with van der Waals surface area (Å²) in [5, 5.41) is 12.1. The van der Waals surface area contributed by atoms with Crippen molar-refractivity contribution in [1.82, 2.24) is 4.98 Å². The minimum Gasteiger partial charge on any atom is -0.481 e. The lowest BCUT2D eigenvalue weighted by molar-refractivity contribution is -0.143. The van der Waals surface area contributed by atoms with Gasteiger partial charge in [-0.2, -0.15) is 0 Å². The Morgan fingerprint density at radius 2 is 2.22 bits per heavy atom. The third-order valence-electron chi connectivity index (χ3n) is 3.59. The van der Waals surface area contributed by atoms with Crippen LogP contribution in [0.1, 0.15) is 31.4 Å². The second kappa shape index (κ2) is 4.24. The van der Waals surface area contributed by atoms with E-state index in [9.17, 15) is 9.90 Å². The molecule has 2 aromatic rings. The van der Waals surface area contributed by atoms with E-state index in [4.69, 9.17) is 4.42 Å². The van der Waals surface area contributed by atoms with Gasteiger partial charge in [-0.1, -0.05) is 12.8 Å². The van der Waals surface area contributed by atoms with Crippen LogP contribution in [0.2, 0.25) is 0 Å². The number of rotatable bonds is 3. The molecule has 4 nitrogen and oxygen atoms in total. The largest absolute Gasteiger partial charge is 0.481 e. The van der Waals surface area contributed by atoms with Crippen molar-refractivity contribution in [2.75, 3.05) is 0 Å². The number of carboxylic acid groups (broad SMARTS) is 1. The molecule has 1 aliphatic rings. The highest BCUT2D eigenvalue weighted by molar-refractivity contribution is 7.13. The average Bonchev–Trinajstić information content (AvgIpc) is 3.11. The molecule has 1 saturated carbocycles. The number of aromatic nitrogens is 1. The quantitative estimate of drug-likeness (QED) is 0.922. The maximum atomic E-state index is 11.6. The van der Waals surface area contributed by atoms with E-state index in [0.717, 1.165) is 17.8 Å². The Morgan fingerprint density at radius 3 is 2.83 bits per heavy atom. The van der Waals surface area contributed by atoms with Crippen molar-refractivity contribution in [1.29, 1.82) is 0 Å². The van der Waals surface area contributed by atoms with Crippen LogP contribution in [0.3, 0.4) is 0 Å². The van der Waals surface area contributed by atoms with E-state index in [1.54, 1.807) is 12.3 Å². The number of furan rings is 1. The number of nitrogens with zero attached hydrogens (tertiary/aromatic N) is 1. The van der Waals surface area contributed by atoms with Crippen molar-refractivity contribution < 1.29 is 14.3 Å². The predicted molar refractivity (Wildman–Crippen MR) is 67.6 cm³/mol. The van der Waals surface area contributed by atoms with Gasteiger partial charge in [0.25, 0.3) is 0 Å². The first-order chi connectivity index (χ1) is 8.72. The topological polar surface area (TPSA) is 63.3 Å². The van der Waals surface area contributed by atoms with Crippen LogP contribution in [0, 0.1) is 0 Å². The summed E-state index contributed by atoms with van der Waals surface area (Å²) in [7, 11) is 0. The molecule has 0 bridgehead atoms. The van der Waals surface area contributed by atoms with Gasteiger partial charge in [-0.3, -0.25) is 4.79 Å². The zero-order valence-electron chi connectivity index (χ0n) is 9.76. The van der Waals surface area contributed by atoms with Gasteiger partial charge >= 0.3 is 5.97 Å². The molecule has 0 spiro atoms. The first-order valence-corrected chi connectivity index (χ1v) is 6.84. The Hall–Kier alpha value is -1.62. The van der Waals surface area contributed by atoms with E-state index in [1.165, 1.54) is 11.3 Å². The lowest BCUT2D eigenvalue weighted by Crippen LogP contribution is -2.32. The summed E-state index contributed by atoms with van der Waals surface area (Å²) >= 11 is 1.44. The monoisotopic (exact) mass is 263 g/mol. The zero-order chi connectivity index (χ0) is 12.6. The number of carbonyl (C=O) groups is 1. The molecule has 0 aromatic carbocycles. The van der Waals surface area contributed by atoms with Crippen LogP contribution in [0.25, 0.3) is 10.8 Å². The van der Waals surface area contributed by atoms with Crippen molar-refractivity contribution in [2.45, 2.75) is 31.1 Å².